The van der Waals surface area contributed by atoms with Crippen LogP contribution in [-0.4, -0.2) is 35.7 Å². The van der Waals surface area contributed by atoms with Gasteiger partial charge >= 0.3 is 0 Å². The lowest BCUT2D eigenvalue weighted by Gasteiger charge is -2.28. The van der Waals surface area contributed by atoms with Gasteiger partial charge in [0.2, 0.25) is 0 Å². The molecular weight excluding hydrogens is 476 g/mol. The Morgan fingerprint density at radius 1 is 0.763 bits per heavy atom. The van der Waals surface area contributed by atoms with E-state index in [0.29, 0.717) is 31.1 Å². The number of carbonyl (C=O) groups is 2. The summed E-state index contributed by atoms with van der Waals surface area (Å²) in [4.78, 5) is 29.9. The second-order valence-electron chi connectivity index (χ2n) is 8.95. The van der Waals surface area contributed by atoms with Gasteiger partial charge < -0.3 is 4.74 Å². The average molecular weight is 505 g/mol. The van der Waals surface area contributed by atoms with Crippen molar-refractivity contribution in [2.45, 2.75) is 13.1 Å². The Morgan fingerprint density at radius 2 is 1.32 bits per heavy atom. The van der Waals surface area contributed by atoms with E-state index in [-0.39, 0.29) is 18.2 Å². The maximum absolute atomic E-state index is 13.6. The minimum Gasteiger partial charge on any atom is -0.484 e. The first-order chi connectivity index (χ1) is 18.7. The number of hydrogen-bond donors (Lipinski definition) is 1. The van der Waals surface area contributed by atoms with Crippen LogP contribution >= 0.6 is 0 Å². The van der Waals surface area contributed by atoms with Crippen LogP contribution in [0.1, 0.15) is 16.7 Å². The average Bonchev–Trinajstić information content (AvgIpc) is 3.22. The number of fused-ring (bicyclic) bond motifs is 1. The van der Waals surface area contributed by atoms with E-state index in [2.05, 4.69) is 39.7 Å². The number of amides is 2. The first-order valence-electron chi connectivity index (χ1n) is 12.4. The molecule has 0 atom stereocenters. The molecule has 0 aliphatic carbocycles. The van der Waals surface area contributed by atoms with Crippen LogP contribution in [0.2, 0.25) is 0 Å². The van der Waals surface area contributed by atoms with Crippen molar-refractivity contribution in [3.05, 3.63) is 132 Å². The molecule has 5 rings (SSSR count). The fourth-order valence-corrected chi connectivity index (χ4v) is 4.37. The molecule has 7 nitrogen and oxygen atoms in total. The zero-order valence-electron chi connectivity index (χ0n) is 20.9. The number of nitrogens with one attached hydrogen (secondary N) is 1. The van der Waals surface area contributed by atoms with E-state index in [0.717, 1.165) is 16.8 Å². The molecule has 0 aromatic heterocycles. The monoisotopic (exact) mass is 504 g/mol. The molecule has 1 aliphatic rings. The number of hydrazone groups is 1. The summed E-state index contributed by atoms with van der Waals surface area (Å²) in [5, 5.41) is 4.21. The summed E-state index contributed by atoms with van der Waals surface area (Å²) in [5.41, 5.74) is 6.44. The van der Waals surface area contributed by atoms with E-state index in [1.54, 1.807) is 17.0 Å². The van der Waals surface area contributed by atoms with Crippen molar-refractivity contribution in [2.75, 3.05) is 18.2 Å². The highest BCUT2D eigenvalue weighted by molar-refractivity contribution is 6.54. The van der Waals surface area contributed by atoms with Gasteiger partial charge in [0.25, 0.3) is 11.8 Å². The zero-order chi connectivity index (χ0) is 26.2. The van der Waals surface area contributed by atoms with Crippen molar-refractivity contribution in [2.24, 2.45) is 5.10 Å². The van der Waals surface area contributed by atoms with Gasteiger partial charge in [-0.2, -0.15) is 5.10 Å². The molecule has 0 spiro atoms. The molecule has 190 valence electrons. The van der Waals surface area contributed by atoms with Gasteiger partial charge in [-0.1, -0.05) is 97.1 Å². The third-order valence-electron chi connectivity index (χ3n) is 6.14. The number of nitrogens with zero attached hydrogens (tertiary/aromatic N) is 3. The highest BCUT2D eigenvalue weighted by Crippen LogP contribution is 2.29. The lowest BCUT2D eigenvalue weighted by molar-refractivity contribution is -0.123. The summed E-state index contributed by atoms with van der Waals surface area (Å²) < 4.78 is 5.48. The van der Waals surface area contributed by atoms with Crippen LogP contribution < -0.4 is 15.1 Å². The van der Waals surface area contributed by atoms with Gasteiger partial charge in [-0.25, -0.2) is 5.43 Å². The first-order valence-corrected chi connectivity index (χ1v) is 12.4. The third kappa shape index (κ3) is 6.14. The van der Waals surface area contributed by atoms with E-state index in [1.165, 1.54) is 0 Å². The Bertz CT molecular complexity index is 1370. The predicted octanol–water partition coefficient (Wildman–Crippen LogP) is 4.59. The standard InChI is InChI=1S/C31H28N4O3/c36-29(22-38-26-16-8-3-9-17-26)32-33-30-27-18-10-11-19-28(27)35(31(30)37)23-34(20-24-12-4-1-5-13-24)21-25-14-6-2-7-15-25/h1-19H,20-23H2,(H,32,36)/b33-30+. The van der Waals surface area contributed by atoms with Crippen LogP contribution in [-0.2, 0) is 22.7 Å². The van der Waals surface area contributed by atoms with Gasteiger partial charge in [0.15, 0.2) is 12.3 Å². The molecule has 0 radical (unpaired) electrons. The minimum atomic E-state index is -0.445. The largest absolute Gasteiger partial charge is 0.484 e. The second-order valence-corrected chi connectivity index (χ2v) is 8.95. The topological polar surface area (TPSA) is 74.2 Å². The van der Waals surface area contributed by atoms with E-state index >= 15 is 0 Å². The summed E-state index contributed by atoms with van der Waals surface area (Å²) in [5.74, 6) is -0.123. The highest BCUT2D eigenvalue weighted by Gasteiger charge is 2.35. The molecule has 1 aliphatic heterocycles. The van der Waals surface area contributed by atoms with Gasteiger partial charge in [0.05, 0.1) is 12.4 Å². The molecule has 1 heterocycles. The van der Waals surface area contributed by atoms with Crippen molar-refractivity contribution in [3.63, 3.8) is 0 Å². The molecule has 7 heteroatoms. The smallest absolute Gasteiger partial charge is 0.280 e. The Hall–Kier alpha value is -4.75. The molecule has 2 amide bonds. The van der Waals surface area contributed by atoms with Gasteiger partial charge in [-0.3, -0.25) is 19.4 Å². The maximum Gasteiger partial charge on any atom is 0.280 e. The van der Waals surface area contributed by atoms with Crippen LogP contribution in [0.5, 0.6) is 5.75 Å². The molecule has 0 saturated heterocycles. The molecule has 1 N–H and O–H groups in total. The van der Waals surface area contributed by atoms with Crippen molar-refractivity contribution >= 4 is 23.2 Å². The van der Waals surface area contributed by atoms with Crippen LogP contribution in [0.15, 0.2) is 120 Å². The van der Waals surface area contributed by atoms with E-state index in [4.69, 9.17) is 4.74 Å². The number of hydrogen-bond acceptors (Lipinski definition) is 5. The number of ether oxygens (including phenoxy) is 1. The summed E-state index contributed by atoms with van der Waals surface area (Å²) in [6.07, 6.45) is 0. The maximum atomic E-state index is 13.6. The summed E-state index contributed by atoms with van der Waals surface area (Å²) in [6, 6.07) is 36.9. The van der Waals surface area contributed by atoms with Gasteiger partial charge in [0.1, 0.15) is 5.75 Å². The fraction of sp³-hybridized carbons (Fsp3) is 0.129. The molecule has 38 heavy (non-hydrogen) atoms. The fourth-order valence-electron chi connectivity index (χ4n) is 4.37. The Morgan fingerprint density at radius 3 is 1.95 bits per heavy atom. The number of carbonyl (C=O) groups excluding carboxylic acids is 2. The lowest BCUT2D eigenvalue weighted by atomic mass is 10.1. The molecule has 0 unspecified atom stereocenters. The summed E-state index contributed by atoms with van der Waals surface area (Å²) >= 11 is 0. The van der Waals surface area contributed by atoms with Crippen LogP contribution in [0.3, 0.4) is 0 Å². The van der Waals surface area contributed by atoms with E-state index in [9.17, 15) is 9.59 Å². The zero-order valence-corrected chi connectivity index (χ0v) is 20.9. The second kappa shape index (κ2) is 12.0. The molecule has 0 fully saturated rings. The van der Waals surface area contributed by atoms with Crippen LogP contribution in [0.4, 0.5) is 5.69 Å². The van der Waals surface area contributed by atoms with Gasteiger partial charge in [-0.15, -0.1) is 0 Å². The van der Waals surface area contributed by atoms with Crippen molar-refractivity contribution in [1.82, 2.24) is 10.3 Å². The number of benzene rings is 4. The molecule has 4 aromatic carbocycles. The quantitative estimate of drug-likeness (QED) is 0.321. The van der Waals surface area contributed by atoms with Crippen LogP contribution in [0, 0.1) is 0 Å². The molecule has 4 aromatic rings. The minimum absolute atomic E-state index is 0.202. The Balaban J connectivity index is 1.33. The lowest BCUT2D eigenvalue weighted by Crippen LogP contribution is -2.41. The normalized spacial score (nSPS) is 13.6. The van der Waals surface area contributed by atoms with E-state index < -0.39 is 5.91 Å². The SMILES string of the molecule is O=C(COc1ccccc1)N/N=C1/C(=O)N(CN(Cc2ccccc2)Cc2ccccc2)c2ccccc21. The first kappa shape index (κ1) is 24.9. The summed E-state index contributed by atoms with van der Waals surface area (Å²) in [6.45, 7) is 1.50. The number of para-hydroxylation sites is 2. The number of anilines is 1. The van der Waals surface area contributed by atoms with Crippen molar-refractivity contribution in [1.29, 1.82) is 0 Å². The molecular formula is C31H28N4O3. The van der Waals surface area contributed by atoms with Crippen molar-refractivity contribution in [3.8, 4) is 5.75 Å². The Labute approximate surface area is 222 Å². The summed E-state index contributed by atoms with van der Waals surface area (Å²) in [7, 11) is 0. The third-order valence-corrected chi connectivity index (χ3v) is 6.14. The highest BCUT2D eigenvalue weighted by atomic mass is 16.5. The predicted molar refractivity (Wildman–Crippen MR) is 148 cm³/mol. The molecule has 0 saturated carbocycles. The Kier molecular flexibility index (Phi) is 7.86. The van der Waals surface area contributed by atoms with Crippen LogP contribution in [0.25, 0.3) is 0 Å². The van der Waals surface area contributed by atoms with Crippen molar-refractivity contribution < 1.29 is 14.3 Å². The molecule has 0 bridgehead atoms. The van der Waals surface area contributed by atoms with Gasteiger partial charge in [0, 0.05) is 18.7 Å². The van der Waals surface area contributed by atoms with Gasteiger partial charge in [-0.05, 0) is 29.3 Å². The van der Waals surface area contributed by atoms with E-state index in [1.807, 2.05) is 78.9 Å². The number of rotatable bonds is 10.